The molecule has 1 heterocycles. The molecule has 0 saturated heterocycles. The van der Waals surface area contributed by atoms with Crippen LogP contribution < -0.4 is 0 Å². The van der Waals surface area contributed by atoms with Crippen molar-refractivity contribution >= 4 is 16.8 Å². The maximum absolute atomic E-state index is 12.0. The van der Waals surface area contributed by atoms with Gasteiger partial charge in [-0.2, -0.15) is 0 Å². The molecule has 0 amide bonds. The van der Waals surface area contributed by atoms with E-state index >= 15 is 0 Å². The number of ketones is 1. The standard InChI is InChI=1S/C16H21N2O/c1-4-6-8-18-11-17-14-10-13(16(19)7-5-2)12(3)9-15(14)18/h9-10H,4-8H2,1-3H3. The highest BCUT2D eigenvalue weighted by Gasteiger charge is 2.12. The van der Waals surface area contributed by atoms with Gasteiger partial charge in [0, 0.05) is 18.5 Å². The van der Waals surface area contributed by atoms with E-state index in [9.17, 15) is 4.79 Å². The Hall–Kier alpha value is -1.64. The highest BCUT2D eigenvalue weighted by Crippen LogP contribution is 2.20. The number of hydrogen-bond donors (Lipinski definition) is 0. The lowest BCUT2D eigenvalue weighted by atomic mass is 10.0. The minimum absolute atomic E-state index is 0.213. The molecular formula is C16H21N2O. The molecular weight excluding hydrogens is 236 g/mol. The van der Waals surface area contributed by atoms with Crippen LogP contribution in [0, 0.1) is 13.3 Å². The minimum atomic E-state index is 0.213. The number of aromatic nitrogens is 2. The van der Waals surface area contributed by atoms with Gasteiger partial charge in [-0.3, -0.25) is 4.79 Å². The first-order valence-electron chi connectivity index (χ1n) is 7.09. The molecule has 101 valence electrons. The van der Waals surface area contributed by atoms with Gasteiger partial charge in [0.1, 0.15) is 0 Å². The van der Waals surface area contributed by atoms with Gasteiger partial charge in [-0.15, -0.1) is 0 Å². The summed E-state index contributed by atoms with van der Waals surface area (Å²) in [5.74, 6) is 0.213. The highest BCUT2D eigenvalue weighted by molar-refractivity contribution is 6.00. The van der Waals surface area contributed by atoms with E-state index in [0.717, 1.165) is 48.0 Å². The summed E-state index contributed by atoms with van der Waals surface area (Å²) < 4.78 is 2.06. The van der Waals surface area contributed by atoms with Gasteiger partial charge < -0.3 is 4.57 Å². The fourth-order valence-electron chi connectivity index (χ4n) is 2.30. The smallest absolute Gasteiger partial charge is 0.177 e. The van der Waals surface area contributed by atoms with Gasteiger partial charge in [-0.25, -0.2) is 4.98 Å². The van der Waals surface area contributed by atoms with Crippen LogP contribution in [-0.4, -0.2) is 15.3 Å². The Kier molecular flexibility index (Phi) is 4.35. The summed E-state index contributed by atoms with van der Waals surface area (Å²) in [5, 5.41) is 0. The van der Waals surface area contributed by atoms with E-state index in [4.69, 9.17) is 0 Å². The van der Waals surface area contributed by atoms with Crippen LogP contribution in [0.2, 0.25) is 0 Å². The fraction of sp³-hybridized carbons (Fsp3) is 0.500. The van der Waals surface area contributed by atoms with E-state index in [1.54, 1.807) is 0 Å². The highest BCUT2D eigenvalue weighted by atomic mass is 16.1. The minimum Gasteiger partial charge on any atom is -0.321 e. The van der Waals surface area contributed by atoms with Crippen molar-refractivity contribution in [3.8, 4) is 0 Å². The van der Waals surface area contributed by atoms with E-state index in [1.807, 2.05) is 19.9 Å². The second-order valence-corrected chi connectivity index (χ2v) is 5.05. The summed E-state index contributed by atoms with van der Waals surface area (Å²) in [6.07, 6.45) is 6.79. The molecule has 0 fully saturated rings. The Morgan fingerprint density at radius 1 is 1.32 bits per heavy atom. The number of Topliss-reactive ketones (excluding diaryl/α,β-unsaturated/α-hetero) is 1. The average Bonchev–Trinajstić information content (AvgIpc) is 2.77. The number of aryl methyl sites for hydroxylation is 2. The van der Waals surface area contributed by atoms with Gasteiger partial charge in [-0.1, -0.05) is 20.3 Å². The summed E-state index contributed by atoms with van der Waals surface area (Å²) in [5.41, 5.74) is 3.81. The topological polar surface area (TPSA) is 34.9 Å². The van der Waals surface area contributed by atoms with Gasteiger partial charge in [0.25, 0.3) is 0 Å². The molecule has 0 aliphatic carbocycles. The Morgan fingerprint density at radius 3 is 2.79 bits per heavy atom. The van der Waals surface area contributed by atoms with Crippen molar-refractivity contribution in [2.45, 2.75) is 53.0 Å². The second-order valence-electron chi connectivity index (χ2n) is 5.05. The number of unbranched alkanes of at least 4 members (excludes halogenated alkanes) is 1. The first kappa shape index (κ1) is 13.8. The summed E-state index contributed by atoms with van der Waals surface area (Å²) in [7, 11) is 0. The molecule has 2 aromatic rings. The average molecular weight is 257 g/mol. The van der Waals surface area contributed by atoms with Crippen molar-refractivity contribution in [3.05, 3.63) is 29.6 Å². The van der Waals surface area contributed by atoms with Gasteiger partial charge in [-0.05, 0) is 37.5 Å². The van der Waals surface area contributed by atoms with Crippen LogP contribution in [-0.2, 0) is 6.54 Å². The Bertz CT molecular complexity index is 584. The molecule has 0 aliphatic heterocycles. The van der Waals surface area contributed by atoms with Crippen LogP contribution in [0.25, 0.3) is 11.0 Å². The number of carbonyl (C=O) groups is 1. The molecule has 1 radical (unpaired) electrons. The Labute approximate surface area is 114 Å². The predicted molar refractivity (Wildman–Crippen MR) is 77.5 cm³/mol. The molecule has 0 bridgehead atoms. The van der Waals surface area contributed by atoms with Crippen LogP contribution in [0.5, 0.6) is 0 Å². The van der Waals surface area contributed by atoms with Crippen LogP contribution in [0.15, 0.2) is 12.1 Å². The maximum Gasteiger partial charge on any atom is 0.177 e. The van der Waals surface area contributed by atoms with E-state index in [1.165, 1.54) is 0 Å². The zero-order valence-corrected chi connectivity index (χ0v) is 12.0. The number of hydrogen-bond acceptors (Lipinski definition) is 2. The van der Waals surface area contributed by atoms with Crippen molar-refractivity contribution in [1.29, 1.82) is 0 Å². The lowest BCUT2D eigenvalue weighted by Crippen LogP contribution is -2.02. The monoisotopic (exact) mass is 257 g/mol. The maximum atomic E-state index is 12.0. The Morgan fingerprint density at radius 2 is 2.11 bits per heavy atom. The third-order valence-electron chi connectivity index (χ3n) is 3.42. The van der Waals surface area contributed by atoms with Crippen molar-refractivity contribution in [3.63, 3.8) is 0 Å². The van der Waals surface area contributed by atoms with Crippen LogP contribution in [0.3, 0.4) is 0 Å². The molecule has 0 N–H and O–H groups in total. The molecule has 1 aromatic heterocycles. The first-order chi connectivity index (χ1) is 9.17. The molecule has 1 aromatic carbocycles. The van der Waals surface area contributed by atoms with E-state index < -0.39 is 0 Å². The number of benzene rings is 1. The van der Waals surface area contributed by atoms with Crippen molar-refractivity contribution in [2.24, 2.45) is 0 Å². The van der Waals surface area contributed by atoms with Crippen LogP contribution in [0.1, 0.15) is 55.5 Å². The molecule has 0 saturated carbocycles. The molecule has 2 rings (SSSR count). The van der Waals surface area contributed by atoms with E-state index in [-0.39, 0.29) is 5.78 Å². The number of imidazole rings is 1. The molecule has 0 aliphatic rings. The number of fused-ring (bicyclic) bond motifs is 1. The summed E-state index contributed by atoms with van der Waals surface area (Å²) in [6, 6.07) is 3.99. The SMILES string of the molecule is CCCCn1[c]nc2cc(C(=O)CCC)c(C)cc21. The molecule has 0 spiro atoms. The number of carbonyl (C=O) groups excluding carboxylic acids is 1. The normalized spacial score (nSPS) is 11.1. The molecule has 3 nitrogen and oxygen atoms in total. The Balaban J connectivity index is 2.39. The zero-order chi connectivity index (χ0) is 13.8. The zero-order valence-electron chi connectivity index (χ0n) is 12.0. The fourth-order valence-corrected chi connectivity index (χ4v) is 2.30. The van der Waals surface area contributed by atoms with Gasteiger partial charge >= 0.3 is 0 Å². The van der Waals surface area contributed by atoms with Crippen LogP contribution >= 0.6 is 0 Å². The number of nitrogens with zero attached hydrogens (tertiary/aromatic N) is 2. The molecule has 19 heavy (non-hydrogen) atoms. The first-order valence-corrected chi connectivity index (χ1v) is 7.09. The predicted octanol–water partition coefficient (Wildman–Crippen LogP) is 3.93. The summed E-state index contributed by atoms with van der Waals surface area (Å²) >= 11 is 0. The van der Waals surface area contributed by atoms with Crippen LogP contribution in [0.4, 0.5) is 0 Å². The van der Waals surface area contributed by atoms with E-state index in [0.29, 0.717) is 6.42 Å². The quantitative estimate of drug-likeness (QED) is 0.735. The second kappa shape index (κ2) is 6.00. The lowest BCUT2D eigenvalue weighted by molar-refractivity contribution is 0.0981. The van der Waals surface area contributed by atoms with Gasteiger partial charge in [0.05, 0.1) is 11.0 Å². The van der Waals surface area contributed by atoms with Gasteiger partial charge in [0.15, 0.2) is 12.1 Å². The number of rotatable bonds is 6. The largest absolute Gasteiger partial charge is 0.321 e. The summed E-state index contributed by atoms with van der Waals surface area (Å²) in [4.78, 5) is 16.3. The van der Waals surface area contributed by atoms with Crippen molar-refractivity contribution < 1.29 is 4.79 Å². The van der Waals surface area contributed by atoms with Crippen molar-refractivity contribution in [1.82, 2.24) is 9.55 Å². The summed E-state index contributed by atoms with van der Waals surface area (Å²) in [6.45, 7) is 7.14. The third kappa shape index (κ3) is 2.86. The molecule has 3 heteroatoms. The van der Waals surface area contributed by atoms with E-state index in [2.05, 4.69) is 28.9 Å². The van der Waals surface area contributed by atoms with Gasteiger partial charge in [0.2, 0.25) is 0 Å². The molecule has 0 atom stereocenters. The van der Waals surface area contributed by atoms with Crippen molar-refractivity contribution in [2.75, 3.05) is 0 Å². The third-order valence-corrected chi connectivity index (χ3v) is 3.42. The lowest BCUT2D eigenvalue weighted by Gasteiger charge is -2.07. The molecule has 0 unspecified atom stereocenters.